The first kappa shape index (κ1) is 14.8. The fourth-order valence-corrected chi connectivity index (χ4v) is 6.54. The average molecular weight is 602 g/mol. The molecule has 0 saturated carbocycles. The molecule has 214 valence electrons. The number of benzene rings is 8. The van der Waals surface area contributed by atoms with Gasteiger partial charge in [0.1, 0.15) is 16.7 Å². The zero-order valence-electron chi connectivity index (χ0n) is 38.7. The third kappa shape index (κ3) is 3.59. The maximum Gasteiger partial charge on any atom is 0.136 e. The molecular formula is C44H26O2. The van der Waals surface area contributed by atoms with Gasteiger partial charge in [0, 0.05) is 21.7 Å². The minimum Gasteiger partial charge on any atom is -0.464 e. The molecule has 0 radical (unpaired) electrons. The van der Waals surface area contributed by atoms with Crippen LogP contribution in [0.15, 0.2) is 166 Å². The molecule has 0 unspecified atom stereocenters. The van der Waals surface area contributed by atoms with Crippen molar-refractivity contribution in [3.8, 4) is 33.4 Å². The molecule has 8 aromatic carbocycles. The highest BCUT2D eigenvalue weighted by molar-refractivity contribution is 6.27. The van der Waals surface area contributed by atoms with Crippen LogP contribution in [0.4, 0.5) is 0 Å². The van der Waals surface area contributed by atoms with E-state index in [-0.39, 0.29) is 38.2 Å². The summed E-state index contributed by atoms with van der Waals surface area (Å²) in [4.78, 5) is 0. The highest BCUT2D eigenvalue weighted by Crippen LogP contribution is 2.48. The fourth-order valence-electron chi connectivity index (χ4n) is 6.54. The third-order valence-corrected chi connectivity index (χ3v) is 8.48. The van der Waals surface area contributed by atoms with E-state index in [2.05, 4.69) is 0 Å². The molecule has 2 heterocycles. The van der Waals surface area contributed by atoms with Crippen molar-refractivity contribution in [3.05, 3.63) is 158 Å². The van der Waals surface area contributed by atoms with Crippen LogP contribution in [0.1, 0.15) is 20.6 Å². The molecule has 0 aliphatic rings. The minimum absolute atomic E-state index is 0.0217. The Labute approximate surface area is 285 Å². The lowest BCUT2D eigenvalue weighted by atomic mass is 9.84. The van der Waals surface area contributed by atoms with Gasteiger partial charge in [0.05, 0.1) is 26.8 Å². The molecule has 2 nitrogen and oxygen atoms in total. The van der Waals surface area contributed by atoms with E-state index in [4.69, 9.17) is 22.5 Å². The molecule has 0 amide bonds. The van der Waals surface area contributed by atoms with Crippen LogP contribution in [0.3, 0.4) is 0 Å². The number of rotatable bonds is 3. The van der Waals surface area contributed by atoms with Gasteiger partial charge >= 0.3 is 0 Å². The van der Waals surface area contributed by atoms with Crippen molar-refractivity contribution in [1.29, 1.82) is 0 Å². The lowest BCUT2D eigenvalue weighted by molar-refractivity contribution is 0.617. The summed E-state index contributed by atoms with van der Waals surface area (Å²) in [6.07, 6.45) is 1.63. The Bertz CT molecular complexity index is 3560. The predicted octanol–water partition coefficient (Wildman–Crippen LogP) is 12.8. The lowest BCUT2D eigenvalue weighted by Gasteiger charge is -2.19. The summed E-state index contributed by atoms with van der Waals surface area (Å²) in [6.45, 7) is 0. The van der Waals surface area contributed by atoms with Crippen molar-refractivity contribution in [3.63, 3.8) is 0 Å². The van der Waals surface area contributed by atoms with E-state index in [0.29, 0.717) is 27.5 Å². The first-order valence-corrected chi connectivity index (χ1v) is 14.4. The van der Waals surface area contributed by atoms with E-state index in [1.807, 2.05) is 36.4 Å². The van der Waals surface area contributed by atoms with Crippen molar-refractivity contribution in [2.75, 3.05) is 0 Å². The molecule has 2 aromatic heterocycles. The summed E-state index contributed by atoms with van der Waals surface area (Å²) in [5, 5.41) is -0.254. The predicted molar refractivity (Wildman–Crippen MR) is 192 cm³/mol. The molecule has 0 bridgehead atoms. The molecule has 0 aliphatic carbocycles. The lowest BCUT2D eigenvalue weighted by Crippen LogP contribution is -1.92. The van der Waals surface area contributed by atoms with E-state index in [0.717, 1.165) is 16.5 Å². The molecule has 10 rings (SSSR count). The molecular weight excluding hydrogens is 560 g/mol. The third-order valence-electron chi connectivity index (χ3n) is 8.48. The quantitative estimate of drug-likeness (QED) is 0.188. The second kappa shape index (κ2) is 9.69. The van der Waals surface area contributed by atoms with Gasteiger partial charge in [-0.2, -0.15) is 0 Å². The van der Waals surface area contributed by atoms with Crippen molar-refractivity contribution >= 4 is 65.2 Å². The van der Waals surface area contributed by atoms with Gasteiger partial charge in [-0.15, -0.1) is 0 Å². The normalized spacial score (nSPS) is 16.5. The van der Waals surface area contributed by atoms with Crippen molar-refractivity contribution in [2.24, 2.45) is 0 Å². The smallest absolute Gasteiger partial charge is 0.136 e. The number of fused-ring (bicyclic) bond motifs is 7. The first-order chi connectivity index (χ1) is 29.1. The second-order valence-corrected chi connectivity index (χ2v) is 10.9. The molecule has 0 N–H and O–H groups in total. The number of hydrogen-bond acceptors (Lipinski definition) is 2. The van der Waals surface area contributed by atoms with Crippen LogP contribution in [0, 0.1) is 0 Å². The maximum absolute atomic E-state index is 9.47. The van der Waals surface area contributed by atoms with E-state index >= 15 is 0 Å². The zero-order valence-corrected chi connectivity index (χ0v) is 23.7. The van der Waals surface area contributed by atoms with Crippen LogP contribution >= 0.6 is 0 Å². The second-order valence-electron chi connectivity index (χ2n) is 10.9. The van der Waals surface area contributed by atoms with Gasteiger partial charge in [-0.25, -0.2) is 0 Å². The largest absolute Gasteiger partial charge is 0.464 e. The van der Waals surface area contributed by atoms with Crippen LogP contribution in [0.2, 0.25) is 0 Å². The Morgan fingerprint density at radius 1 is 0.435 bits per heavy atom. The van der Waals surface area contributed by atoms with Crippen LogP contribution in [-0.4, -0.2) is 0 Å². The maximum atomic E-state index is 9.47. The summed E-state index contributed by atoms with van der Waals surface area (Å²) in [7, 11) is 0. The number of furan rings is 2. The fraction of sp³-hybridized carbons (Fsp3) is 0. The van der Waals surface area contributed by atoms with Crippen LogP contribution in [0.25, 0.3) is 98.6 Å². The van der Waals surface area contributed by atoms with Crippen molar-refractivity contribution in [1.82, 2.24) is 0 Å². The average Bonchev–Trinajstić information content (AvgIpc) is 3.85. The number of hydrogen-bond donors (Lipinski definition) is 0. The van der Waals surface area contributed by atoms with E-state index < -0.39 is 107 Å². The summed E-state index contributed by atoms with van der Waals surface area (Å²) < 4.78 is 147. The van der Waals surface area contributed by atoms with Gasteiger partial charge in [0.2, 0.25) is 0 Å². The van der Waals surface area contributed by atoms with Crippen molar-refractivity contribution < 1.29 is 29.4 Å². The minimum atomic E-state index is -0.770. The monoisotopic (exact) mass is 601 g/mol. The highest BCUT2D eigenvalue weighted by atomic mass is 16.3. The molecule has 46 heavy (non-hydrogen) atoms. The van der Waals surface area contributed by atoms with Crippen LogP contribution in [0.5, 0.6) is 0 Å². The van der Waals surface area contributed by atoms with Gasteiger partial charge in [-0.3, -0.25) is 0 Å². The Balaban J connectivity index is 1.47. The topological polar surface area (TPSA) is 26.3 Å². The van der Waals surface area contributed by atoms with E-state index in [1.54, 1.807) is 30.5 Å². The highest BCUT2D eigenvalue weighted by Gasteiger charge is 2.22. The van der Waals surface area contributed by atoms with Gasteiger partial charge in [0.15, 0.2) is 0 Å². The molecule has 0 saturated heterocycles. The van der Waals surface area contributed by atoms with Gasteiger partial charge in [0.25, 0.3) is 0 Å². The van der Waals surface area contributed by atoms with Crippen LogP contribution < -0.4 is 0 Å². The van der Waals surface area contributed by atoms with E-state index in [9.17, 15) is 6.85 Å². The summed E-state index contributed by atoms with van der Waals surface area (Å²) >= 11 is 0. The summed E-state index contributed by atoms with van der Waals surface area (Å²) in [5.74, 6) is 0. The van der Waals surface area contributed by atoms with Crippen molar-refractivity contribution in [2.45, 2.75) is 0 Å². The first-order valence-electron chi connectivity index (χ1n) is 21.9. The molecule has 2 heteroatoms. The van der Waals surface area contributed by atoms with Gasteiger partial charge in [-0.05, 0) is 78.3 Å². The molecule has 0 fully saturated rings. The van der Waals surface area contributed by atoms with Crippen LogP contribution in [-0.2, 0) is 0 Å². The molecule has 0 aliphatic heterocycles. The zero-order chi connectivity index (χ0) is 43.2. The molecule has 0 spiro atoms. The Morgan fingerprint density at radius 3 is 1.80 bits per heavy atom. The standard InChI is InChI=1S/C44H26O2/c1-2-12-28(13-3-1)38-26-45-40-25-37-41(24-36(38)40)46-39-23-11-22-35(44(37)39)43-33-19-8-6-17-31(33)42(32-18-7-9-20-34(32)43)30-21-10-15-27-14-4-5-16-29(27)30/h1-26H/i4D,5D,6D,7D,8D,9D,10D,14D,15D,16D,17D,18D,19D,20D,21D. The molecule has 0 atom stereocenters. The van der Waals surface area contributed by atoms with Gasteiger partial charge in [-0.1, -0.05) is 133 Å². The Hall–Kier alpha value is -6.12. The SMILES string of the molecule is [2H]c1c([2H])c([2H])c2c(-c3c4c([2H])c([2H])c([2H])c([2H])c4c(-c4cccc5oc6cc7c(-c8ccccc8)coc7cc6c45)c4c([2H])c([2H])c([2H])c([2H])c34)c([2H])c([2H])c([2H])c2c1[2H]. The van der Waals surface area contributed by atoms with Gasteiger partial charge < -0.3 is 8.83 Å². The molecule has 10 aromatic rings. The Kier molecular flexibility index (Phi) is 3.11. The Morgan fingerprint density at radius 2 is 1.07 bits per heavy atom. The van der Waals surface area contributed by atoms with E-state index in [1.165, 1.54) is 0 Å². The summed E-state index contributed by atoms with van der Waals surface area (Å²) in [6, 6.07) is 7.76. The summed E-state index contributed by atoms with van der Waals surface area (Å²) in [5.41, 5.74) is 2.41.